The average molecular weight is 304 g/mol. The Bertz CT molecular complexity index is 921. The first kappa shape index (κ1) is 13.6. The third-order valence-electron chi connectivity index (χ3n) is 3.40. The molecule has 0 atom stereocenters. The molecule has 106 valence electrons. The summed E-state index contributed by atoms with van der Waals surface area (Å²) in [6.07, 6.45) is 3.27. The quantitative estimate of drug-likeness (QED) is 0.703. The molecule has 0 aliphatic rings. The predicted molar refractivity (Wildman–Crippen MR) is 81.8 cm³/mol. The Morgan fingerprint density at radius 1 is 1.29 bits per heavy atom. The van der Waals surface area contributed by atoms with Crippen molar-refractivity contribution in [3.8, 4) is 11.1 Å². The van der Waals surface area contributed by atoms with Crippen molar-refractivity contribution < 1.29 is 4.39 Å². The zero-order chi connectivity index (χ0) is 15.1. The van der Waals surface area contributed by atoms with Crippen molar-refractivity contribution in [1.82, 2.24) is 9.55 Å². The molecule has 0 spiro atoms. The van der Waals surface area contributed by atoms with Gasteiger partial charge < -0.3 is 10.3 Å². The van der Waals surface area contributed by atoms with Crippen molar-refractivity contribution in [3.63, 3.8) is 0 Å². The van der Waals surface area contributed by atoms with Gasteiger partial charge in [-0.15, -0.1) is 0 Å². The van der Waals surface area contributed by atoms with Crippen LogP contribution in [0.4, 0.5) is 10.1 Å². The highest BCUT2D eigenvalue weighted by Gasteiger charge is 2.14. The van der Waals surface area contributed by atoms with Crippen LogP contribution in [0, 0.1) is 5.82 Å². The summed E-state index contributed by atoms with van der Waals surface area (Å²) in [5, 5.41) is 0.926. The van der Waals surface area contributed by atoms with Gasteiger partial charge in [-0.2, -0.15) is 0 Å². The minimum atomic E-state index is -0.608. The number of pyridine rings is 2. The second kappa shape index (κ2) is 4.86. The molecule has 0 amide bonds. The zero-order valence-corrected chi connectivity index (χ0v) is 11.9. The van der Waals surface area contributed by atoms with E-state index in [1.54, 1.807) is 31.6 Å². The van der Waals surface area contributed by atoms with Crippen LogP contribution in [-0.4, -0.2) is 9.55 Å². The molecule has 1 aromatic carbocycles. The van der Waals surface area contributed by atoms with Gasteiger partial charge >= 0.3 is 0 Å². The van der Waals surface area contributed by atoms with Gasteiger partial charge in [0.15, 0.2) is 0 Å². The van der Waals surface area contributed by atoms with Crippen molar-refractivity contribution in [1.29, 1.82) is 0 Å². The summed E-state index contributed by atoms with van der Waals surface area (Å²) in [6, 6.07) is 5.92. The highest BCUT2D eigenvalue weighted by atomic mass is 35.5. The maximum Gasteiger partial charge on any atom is 0.258 e. The monoisotopic (exact) mass is 303 g/mol. The van der Waals surface area contributed by atoms with Gasteiger partial charge in [0, 0.05) is 36.0 Å². The summed E-state index contributed by atoms with van der Waals surface area (Å²) in [5.41, 5.74) is 6.80. The lowest BCUT2D eigenvalue weighted by molar-refractivity contribution is 0.633. The molecule has 0 aliphatic heterocycles. The van der Waals surface area contributed by atoms with Gasteiger partial charge in [-0.1, -0.05) is 11.6 Å². The normalized spacial score (nSPS) is 11.0. The van der Waals surface area contributed by atoms with Crippen molar-refractivity contribution in [3.05, 3.63) is 57.9 Å². The van der Waals surface area contributed by atoms with E-state index >= 15 is 0 Å². The second-order valence-electron chi connectivity index (χ2n) is 4.71. The highest BCUT2D eigenvalue weighted by molar-refractivity contribution is 6.33. The van der Waals surface area contributed by atoms with Crippen LogP contribution in [-0.2, 0) is 7.05 Å². The van der Waals surface area contributed by atoms with Crippen LogP contribution in [0.5, 0.6) is 0 Å². The summed E-state index contributed by atoms with van der Waals surface area (Å²) in [6.45, 7) is 0. The molecule has 0 fully saturated rings. The molecule has 0 bridgehead atoms. The van der Waals surface area contributed by atoms with E-state index in [9.17, 15) is 9.18 Å². The van der Waals surface area contributed by atoms with E-state index in [2.05, 4.69) is 4.98 Å². The number of nitrogens with two attached hydrogens (primary N) is 1. The van der Waals surface area contributed by atoms with Gasteiger partial charge in [-0.05, 0) is 24.3 Å². The Hall–Kier alpha value is -2.40. The summed E-state index contributed by atoms with van der Waals surface area (Å²) < 4.78 is 14.9. The number of rotatable bonds is 1. The number of halogens is 2. The second-order valence-corrected chi connectivity index (χ2v) is 5.12. The molecule has 3 aromatic rings. The van der Waals surface area contributed by atoms with E-state index in [-0.39, 0.29) is 16.3 Å². The number of nitrogen functional groups attached to an aromatic ring is 1. The summed E-state index contributed by atoms with van der Waals surface area (Å²) in [5.74, 6) is -0.608. The molecule has 3 rings (SSSR count). The molecule has 0 aliphatic carbocycles. The lowest BCUT2D eigenvalue weighted by atomic mass is 10.0. The molecule has 6 heteroatoms. The van der Waals surface area contributed by atoms with Gasteiger partial charge in [-0.3, -0.25) is 9.78 Å². The Balaban J connectivity index is 2.38. The molecule has 0 saturated carbocycles. The van der Waals surface area contributed by atoms with Crippen LogP contribution in [0.15, 0.2) is 41.5 Å². The number of benzene rings is 1. The van der Waals surface area contributed by atoms with E-state index in [4.69, 9.17) is 17.3 Å². The molecule has 4 nitrogen and oxygen atoms in total. The van der Waals surface area contributed by atoms with Crippen LogP contribution in [0.2, 0.25) is 5.02 Å². The maximum absolute atomic E-state index is 13.4. The average Bonchev–Trinajstić information content (AvgIpc) is 2.47. The molecular formula is C15H11ClFN3O. The van der Waals surface area contributed by atoms with Crippen LogP contribution < -0.4 is 11.3 Å². The molecule has 2 N–H and O–H groups in total. The lowest BCUT2D eigenvalue weighted by Crippen LogP contribution is -2.19. The van der Waals surface area contributed by atoms with Crippen LogP contribution in [0.25, 0.3) is 22.0 Å². The molecule has 0 unspecified atom stereocenters. The number of hydrogen-bond acceptors (Lipinski definition) is 3. The maximum atomic E-state index is 13.4. The molecule has 2 aromatic heterocycles. The summed E-state index contributed by atoms with van der Waals surface area (Å²) in [7, 11) is 1.66. The SMILES string of the molecule is Cn1c(=O)c(-c2cc(N)c(F)cc2Cl)cc2cnccc21. The first-order valence-electron chi connectivity index (χ1n) is 6.17. The predicted octanol–water partition coefficient (Wildman–Crippen LogP) is 2.98. The fourth-order valence-corrected chi connectivity index (χ4v) is 2.54. The molecule has 2 heterocycles. The topological polar surface area (TPSA) is 60.9 Å². The Morgan fingerprint density at radius 2 is 2.05 bits per heavy atom. The minimum Gasteiger partial charge on any atom is -0.396 e. The van der Waals surface area contributed by atoms with Gasteiger partial charge in [0.05, 0.1) is 16.2 Å². The van der Waals surface area contributed by atoms with E-state index < -0.39 is 5.82 Å². The summed E-state index contributed by atoms with van der Waals surface area (Å²) in [4.78, 5) is 16.5. The molecule has 21 heavy (non-hydrogen) atoms. The fraction of sp³-hybridized carbons (Fsp3) is 0.0667. The third-order valence-corrected chi connectivity index (χ3v) is 3.71. The first-order chi connectivity index (χ1) is 9.99. The molecule has 0 radical (unpaired) electrons. The third kappa shape index (κ3) is 2.15. The lowest BCUT2D eigenvalue weighted by Gasteiger charge is -2.10. The standard InChI is InChI=1S/C15H11ClFN3O/c1-20-14-2-3-19-7-8(14)4-10(15(20)21)9-5-13(18)12(17)6-11(9)16/h2-7H,18H2,1H3. The first-order valence-corrected chi connectivity index (χ1v) is 6.55. The van der Waals surface area contributed by atoms with Gasteiger partial charge in [0.2, 0.25) is 0 Å². The Labute approximate surface area is 124 Å². The fourth-order valence-electron chi connectivity index (χ4n) is 2.29. The number of fused-ring (bicyclic) bond motifs is 1. The van der Waals surface area contributed by atoms with E-state index in [1.807, 2.05) is 0 Å². The molecule has 0 saturated heterocycles. The van der Waals surface area contributed by atoms with Crippen molar-refractivity contribution in [2.75, 3.05) is 5.73 Å². The summed E-state index contributed by atoms with van der Waals surface area (Å²) >= 11 is 6.05. The van der Waals surface area contributed by atoms with Gasteiger partial charge in [0.25, 0.3) is 5.56 Å². The van der Waals surface area contributed by atoms with Crippen LogP contribution in [0.1, 0.15) is 0 Å². The van der Waals surface area contributed by atoms with Crippen LogP contribution >= 0.6 is 11.6 Å². The van der Waals surface area contributed by atoms with Crippen LogP contribution in [0.3, 0.4) is 0 Å². The number of hydrogen-bond donors (Lipinski definition) is 1. The van der Waals surface area contributed by atoms with E-state index in [1.165, 1.54) is 10.6 Å². The van der Waals surface area contributed by atoms with Crippen molar-refractivity contribution in [2.45, 2.75) is 0 Å². The number of anilines is 1. The van der Waals surface area contributed by atoms with Gasteiger partial charge in [-0.25, -0.2) is 4.39 Å². The smallest absolute Gasteiger partial charge is 0.258 e. The van der Waals surface area contributed by atoms with E-state index in [0.29, 0.717) is 11.1 Å². The van der Waals surface area contributed by atoms with Crippen molar-refractivity contribution >= 4 is 28.2 Å². The van der Waals surface area contributed by atoms with E-state index in [0.717, 1.165) is 17.0 Å². The minimum absolute atomic E-state index is 0.0530. The number of aryl methyl sites for hydroxylation is 1. The molecular weight excluding hydrogens is 293 g/mol. The number of nitrogens with zero attached hydrogens (tertiary/aromatic N) is 2. The Morgan fingerprint density at radius 3 is 2.81 bits per heavy atom. The number of aromatic nitrogens is 2. The Kier molecular flexibility index (Phi) is 3.14. The van der Waals surface area contributed by atoms with Crippen molar-refractivity contribution in [2.24, 2.45) is 7.05 Å². The zero-order valence-electron chi connectivity index (χ0n) is 11.1. The van der Waals surface area contributed by atoms with Gasteiger partial charge in [0.1, 0.15) is 5.82 Å². The largest absolute Gasteiger partial charge is 0.396 e. The highest BCUT2D eigenvalue weighted by Crippen LogP contribution is 2.30.